The molecule has 0 aliphatic carbocycles. The third-order valence-electron chi connectivity index (χ3n) is 3.28. The predicted molar refractivity (Wildman–Crippen MR) is 75.3 cm³/mol. The Hall–Kier alpha value is -0.870. The summed E-state index contributed by atoms with van der Waals surface area (Å²) in [6.07, 6.45) is 3.68. The Bertz CT molecular complexity index is 428. The van der Waals surface area contributed by atoms with Crippen LogP contribution in [-0.2, 0) is 0 Å². The van der Waals surface area contributed by atoms with Crippen molar-refractivity contribution in [1.82, 2.24) is 4.90 Å². The summed E-state index contributed by atoms with van der Waals surface area (Å²) in [5.74, 6) is 0.787. The molecule has 0 spiro atoms. The first-order chi connectivity index (χ1) is 8.70. The van der Waals surface area contributed by atoms with Gasteiger partial charge in [-0.1, -0.05) is 22.4 Å². The third kappa shape index (κ3) is 3.33. The Labute approximate surface area is 116 Å². The van der Waals surface area contributed by atoms with Gasteiger partial charge in [-0.2, -0.15) is 0 Å². The van der Waals surface area contributed by atoms with Crippen molar-refractivity contribution in [1.29, 1.82) is 0 Å². The summed E-state index contributed by atoms with van der Waals surface area (Å²) >= 11 is 3.40. The van der Waals surface area contributed by atoms with E-state index < -0.39 is 0 Å². The molecule has 98 valence electrons. The molecule has 2 rings (SSSR count). The van der Waals surface area contributed by atoms with E-state index in [9.17, 15) is 4.79 Å². The van der Waals surface area contributed by atoms with E-state index >= 15 is 0 Å². The quantitative estimate of drug-likeness (QED) is 0.800. The maximum Gasteiger partial charge on any atom is 0.180 e. The molecule has 1 aliphatic heterocycles. The molecular weight excluding hydrogens is 294 g/mol. The van der Waals surface area contributed by atoms with Crippen molar-refractivity contribution < 1.29 is 9.53 Å². The highest BCUT2D eigenvalue weighted by Gasteiger charge is 2.18. The van der Waals surface area contributed by atoms with E-state index in [2.05, 4.69) is 20.8 Å². The van der Waals surface area contributed by atoms with Crippen LogP contribution in [0.3, 0.4) is 0 Å². The van der Waals surface area contributed by atoms with Crippen LogP contribution in [0.2, 0.25) is 0 Å². The van der Waals surface area contributed by atoms with Crippen molar-refractivity contribution in [2.24, 2.45) is 0 Å². The maximum absolute atomic E-state index is 12.3. The number of piperidine rings is 1. The number of Topliss-reactive ketones (excluding diaryl/α,β-unsaturated/α-hetero) is 1. The number of halogens is 1. The lowest BCUT2D eigenvalue weighted by Crippen LogP contribution is -2.34. The van der Waals surface area contributed by atoms with Crippen LogP contribution in [0.5, 0.6) is 5.75 Å². The third-order valence-corrected chi connectivity index (χ3v) is 3.77. The molecular formula is C14H18BrNO2. The Morgan fingerprint density at radius 3 is 2.72 bits per heavy atom. The van der Waals surface area contributed by atoms with E-state index in [0.717, 1.165) is 17.6 Å². The van der Waals surface area contributed by atoms with Gasteiger partial charge in [-0.25, -0.2) is 0 Å². The van der Waals surface area contributed by atoms with Gasteiger partial charge in [0.05, 0.1) is 19.2 Å². The fourth-order valence-corrected chi connectivity index (χ4v) is 2.66. The second kappa shape index (κ2) is 6.34. The van der Waals surface area contributed by atoms with Crippen molar-refractivity contribution in [3.63, 3.8) is 0 Å². The molecule has 0 radical (unpaired) electrons. The van der Waals surface area contributed by atoms with Gasteiger partial charge >= 0.3 is 0 Å². The molecule has 0 atom stereocenters. The average Bonchev–Trinajstić information content (AvgIpc) is 2.40. The highest BCUT2D eigenvalue weighted by atomic mass is 79.9. The number of hydrogen-bond acceptors (Lipinski definition) is 3. The molecule has 1 aromatic rings. The Morgan fingerprint density at radius 1 is 1.33 bits per heavy atom. The van der Waals surface area contributed by atoms with E-state index in [0.29, 0.717) is 17.9 Å². The van der Waals surface area contributed by atoms with E-state index in [-0.39, 0.29) is 5.78 Å². The number of ether oxygens (including phenoxy) is 1. The number of ketones is 1. The topological polar surface area (TPSA) is 29.5 Å². The lowest BCUT2D eigenvalue weighted by atomic mass is 10.1. The number of carbonyl (C=O) groups is 1. The fraction of sp³-hybridized carbons (Fsp3) is 0.500. The second-order valence-electron chi connectivity index (χ2n) is 4.60. The van der Waals surface area contributed by atoms with Gasteiger partial charge in [0.25, 0.3) is 0 Å². The molecule has 1 aliphatic rings. The molecule has 0 unspecified atom stereocenters. The van der Waals surface area contributed by atoms with Crippen molar-refractivity contribution in [3.8, 4) is 5.75 Å². The zero-order chi connectivity index (χ0) is 13.0. The van der Waals surface area contributed by atoms with E-state index in [1.807, 2.05) is 18.2 Å². The van der Waals surface area contributed by atoms with Gasteiger partial charge in [0, 0.05) is 4.47 Å². The lowest BCUT2D eigenvalue weighted by Gasteiger charge is -2.25. The van der Waals surface area contributed by atoms with Gasteiger partial charge < -0.3 is 4.74 Å². The van der Waals surface area contributed by atoms with Crippen LogP contribution in [0.25, 0.3) is 0 Å². The minimum Gasteiger partial charge on any atom is -0.496 e. The zero-order valence-electron chi connectivity index (χ0n) is 10.6. The molecule has 18 heavy (non-hydrogen) atoms. The molecule has 1 heterocycles. The molecule has 1 fully saturated rings. The van der Waals surface area contributed by atoms with E-state index in [4.69, 9.17) is 4.74 Å². The number of carbonyl (C=O) groups excluding carboxylic acids is 1. The summed E-state index contributed by atoms with van der Waals surface area (Å²) in [7, 11) is 1.60. The molecule has 0 saturated carbocycles. The minimum atomic E-state index is 0.134. The summed E-state index contributed by atoms with van der Waals surface area (Å²) in [4.78, 5) is 14.5. The maximum atomic E-state index is 12.3. The summed E-state index contributed by atoms with van der Waals surface area (Å²) < 4.78 is 6.16. The molecule has 0 N–H and O–H groups in total. The molecule has 3 nitrogen and oxygen atoms in total. The van der Waals surface area contributed by atoms with Crippen LogP contribution < -0.4 is 4.74 Å². The van der Waals surface area contributed by atoms with Crippen molar-refractivity contribution >= 4 is 21.7 Å². The smallest absolute Gasteiger partial charge is 0.180 e. The number of rotatable bonds is 4. The second-order valence-corrected chi connectivity index (χ2v) is 5.52. The molecule has 0 aromatic heterocycles. The minimum absolute atomic E-state index is 0.134. The monoisotopic (exact) mass is 311 g/mol. The summed E-state index contributed by atoms with van der Waals surface area (Å²) in [5, 5.41) is 0. The standard InChI is InChI=1S/C14H18BrNO2/c1-18-14-6-5-11(15)9-12(14)13(17)10-16-7-3-2-4-8-16/h5-6,9H,2-4,7-8,10H2,1H3. The SMILES string of the molecule is COc1ccc(Br)cc1C(=O)CN1CCCCC1. The van der Waals surface area contributed by atoms with Crippen molar-refractivity contribution in [3.05, 3.63) is 28.2 Å². The van der Waals surface area contributed by atoms with Crippen LogP contribution in [0, 0.1) is 0 Å². The van der Waals surface area contributed by atoms with Gasteiger partial charge in [0.2, 0.25) is 0 Å². The first-order valence-corrected chi connectivity index (χ1v) is 7.09. The zero-order valence-corrected chi connectivity index (χ0v) is 12.2. The van der Waals surface area contributed by atoms with Gasteiger partial charge in [0.15, 0.2) is 5.78 Å². The molecule has 1 saturated heterocycles. The average molecular weight is 312 g/mol. The number of hydrogen-bond donors (Lipinski definition) is 0. The van der Waals surface area contributed by atoms with E-state index in [1.165, 1.54) is 19.3 Å². The van der Waals surface area contributed by atoms with Crippen LogP contribution >= 0.6 is 15.9 Å². The highest BCUT2D eigenvalue weighted by molar-refractivity contribution is 9.10. The van der Waals surface area contributed by atoms with E-state index in [1.54, 1.807) is 7.11 Å². The predicted octanol–water partition coefficient (Wildman–Crippen LogP) is 3.13. The Morgan fingerprint density at radius 2 is 2.06 bits per heavy atom. The fourth-order valence-electron chi connectivity index (χ4n) is 2.30. The number of nitrogens with zero attached hydrogens (tertiary/aromatic N) is 1. The Kier molecular flexibility index (Phi) is 4.78. The normalized spacial score (nSPS) is 16.6. The highest BCUT2D eigenvalue weighted by Crippen LogP contribution is 2.24. The van der Waals surface area contributed by atoms with Crippen LogP contribution in [0.15, 0.2) is 22.7 Å². The molecule has 1 aromatic carbocycles. The number of likely N-dealkylation sites (tertiary alicyclic amines) is 1. The Balaban J connectivity index is 2.09. The van der Waals surface area contributed by atoms with Crippen LogP contribution in [0.4, 0.5) is 0 Å². The van der Waals surface area contributed by atoms with Gasteiger partial charge in [-0.15, -0.1) is 0 Å². The van der Waals surface area contributed by atoms with Gasteiger partial charge in [-0.3, -0.25) is 9.69 Å². The number of benzene rings is 1. The first-order valence-electron chi connectivity index (χ1n) is 6.30. The molecule has 4 heteroatoms. The number of methoxy groups -OCH3 is 1. The van der Waals surface area contributed by atoms with Crippen LogP contribution in [-0.4, -0.2) is 37.4 Å². The van der Waals surface area contributed by atoms with Gasteiger partial charge in [0.1, 0.15) is 5.75 Å². The first kappa shape index (κ1) is 13.6. The van der Waals surface area contributed by atoms with Crippen molar-refractivity contribution in [2.45, 2.75) is 19.3 Å². The molecule has 0 bridgehead atoms. The summed E-state index contributed by atoms with van der Waals surface area (Å²) in [6, 6.07) is 5.55. The molecule has 0 amide bonds. The van der Waals surface area contributed by atoms with Gasteiger partial charge in [-0.05, 0) is 44.1 Å². The summed E-state index contributed by atoms with van der Waals surface area (Å²) in [6.45, 7) is 2.55. The lowest BCUT2D eigenvalue weighted by molar-refractivity contribution is 0.0912. The van der Waals surface area contributed by atoms with Crippen LogP contribution in [0.1, 0.15) is 29.6 Å². The van der Waals surface area contributed by atoms with Crippen molar-refractivity contribution in [2.75, 3.05) is 26.7 Å². The summed E-state index contributed by atoms with van der Waals surface area (Å²) in [5.41, 5.74) is 0.664. The largest absolute Gasteiger partial charge is 0.496 e.